The average molecular weight is 363 g/mol. The van der Waals surface area contributed by atoms with Crippen LogP contribution in [0.3, 0.4) is 0 Å². The van der Waals surface area contributed by atoms with E-state index in [0.29, 0.717) is 0 Å². The standard InChI is InChI=1S/C17H17NO6S/c1-9(17(22)24-3)18-12(19)8-25-16-14(21)11-7-5-4-6-10(11)13(20)15(16)23-2/h4-7,9H,8H2,1-3H3,(H,18,19)/t9-/m0/s1. The van der Waals surface area contributed by atoms with Crippen LogP contribution >= 0.6 is 11.8 Å². The number of ketones is 2. The Kier molecular flexibility index (Phi) is 5.97. The van der Waals surface area contributed by atoms with E-state index in [2.05, 4.69) is 10.1 Å². The number of esters is 1. The van der Waals surface area contributed by atoms with Gasteiger partial charge in [-0.15, -0.1) is 11.8 Å². The number of rotatable bonds is 6. The number of carbonyl (C=O) groups is 4. The zero-order chi connectivity index (χ0) is 18.6. The van der Waals surface area contributed by atoms with Gasteiger partial charge >= 0.3 is 5.97 Å². The van der Waals surface area contributed by atoms with Crippen molar-refractivity contribution in [2.75, 3.05) is 20.0 Å². The normalized spacial score (nSPS) is 14.7. The number of ether oxygens (including phenoxy) is 2. The molecule has 1 aliphatic rings. The smallest absolute Gasteiger partial charge is 0.328 e. The van der Waals surface area contributed by atoms with Gasteiger partial charge in [-0.2, -0.15) is 0 Å². The monoisotopic (exact) mass is 363 g/mol. The number of benzene rings is 1. The van der Waals surface area contributed by atoms with Crippen molar-refractivity contribution in [2.45, 2.75) is 13.0 Å². The van der Waals surface area contributed by atoms with Gasteiger partial charge in [0.1, 0.15) is 10.9 Å². The first kappa shape index (κ1) is 18.7. The van der Waals surface area contributed by atoms with Crippen LogP contribution in [0.1, 0.15) is 27.6 Å². The number of allylic oxidation sites excluding steroid dienone is 2. The molecular formula is C17H17NO6S. The maximum atomic E-state index is 12.6. The third kappa shape index (κ3) is 3.90. The molecule has 1 aliphatic carbocycles. The molecule has 0 fully saturated rings. The lowest BCUT2D eigenvalue weighted by Gasteiger charge is -2.19. The quantitative estimate of drug-likeness (QED) is 0.761. The van der Waals surface area contributed by atoms with Crippen LogP contribution in [-0.4, -0.2) is 49.5 Å². The number of nitrogens with one attached hydrogen (secondary N) is 1. The molecule has 1 aromatic carbocycles. The number of hydrogen-bond acceptors (Lipinski definition) is 7. The van der Waals surface area contributed by atoms with Crippen LogP contribution in [0.15, 0.2) is 34.9 Å². The summed E-state index contributed by atoms with van der Waals surface area (Å²) in [5, 5.41) is 2.45. The van der Waals surface area contributed by atoms with Crippen molar-refractivity contribution in [1.29, 1.82) is 0 Å². The van der Waals surface area contributed by atoms with Gasteiger partial charge in [0.25, 0.3) is 0 Å². The van der Waals surface area contributed by atoms with Crippen LogP contribution < -0.4 is 5.32 Å². The molecule has 8 heteroatoms. The van der Waals surface area contributed by atoms with Crippen molar-refractivity contribution in [3.8, 4) is 0 Å². The Bertz CT molecular complexity index is 770. The zero-order valence-electron chi connectivity index (χ0n) is 14.0. The van der Waals surface area contributed by atoms with Crippen LogP contribution in [0.4, 0.5) is 0 Å². The molecule has 0 bridgehead atoms. The second-order valence-corrected chi connectivity index (χ2v) is 6.15. The maximum absolute atomic E-state index is 12.6. The molecule has 0 heterocycles. The van der Waals surface area contributed by atoms with Gasteiger partial charge in [0.05, 0.1) is 20.0 Å². The van der Waals surface area contributed by atoms with E-state index in [4.69, 9.17) is 4.74 Å². The molecule has 2 rings (SSSR count). The first-order valence-electron chi connectivity index (χ1n) is 7.37. The highest BCUT2D eigenvalue weighted by molar-refractivity contribution is 8.04. The molecule has 1 atom stereocenters. The molecule has 0 aliphatic heterocycles. The van der Waals surface area contributed by atoms with Crippen molar-refractivity contribution in [3.63, 3.8) is 0 Å². The van der Waals surface area contributed by atoms with Gasteiger partial charge in [-0.05, 0) is 6.92 Å². The fraction of sp³-hybridized carbons (Fsp3) is 0.294. The molecule has 0 radical (unpaired) electrons. The summed E-state index contributed by atoms with van der Waals surface area (Å²) in [6, 6.07) is 5.63. The van der Waals surface area contributed by atoms with Crippen molar-refractivity contribution < 1.29 is 28.7 Å². The predicted octanol–water partition coefficient (Wildman–Crippen LogP) is 1.33. The summed E-state index contributed by atoms with van der Waals surface area (Å²) in [7, 11) is 2.52. The summed E-state index contributed by atoms with van der Waals surface area (Å²) >= 11 is 0.895. The van der Waals surface area contributed by atoms with E-state index in [1.165, 1.54) is 21.1 Å². The van der Waals surface area contributed by atoms with Gasteiger partial charge in [-0.3, -0.25) is 14.4 Å². The van der Waals surface area contributed by atoms with Crippen molar-refractivity contribution in [3.05, 3.63) is 46.1 Å². The third-order valence-corrected chi connectivity index (χ3v) is 4.58. The highest BCUT2D eigenvalue weighted by atomic mass is 32.2. The van der Waals surface area contributed by atoms with E-state index < -0.39 is 23.7 Å². The number of thioether (sulfide) groups is 1. The molecular weight excluding hydrogens is 346 g/mol. The van der Waals surface area contributed by atoms with Gasteiger partial charge in [0.15, 0.2) is 5.76 Å². The summed E-state index contributed by atoms with van der Waals surface area (Å²) in [6.45, 7) is 1.49. The predicted molar refractivity (Wildman–Crippen MR) is 91.2 cm³/mol. The first-order valence-corrected chi connectivity index (χ1v) is 8.36. The second kappa shape index (κ2) is 7.98. The molecule has 132 valence electrons. The number of hydrogen-bond donors (Lipinski definition) is 1. The topological polar surface area (TPSA) is 98.8 Å². The Hall–Kier alpha value is -2.61. The number of fused-ring (bicyclic) bond motifs is 1. The number of Topliss-reactive ketones (excluding diaryl/α,β-unsaturated/α-hetero) is 2. The Morgan fingerprint density at radius 1 is 1.12 bits per heavy atom. The fourth-order valence-electron chi connectivity index (χ4n) is 2.30. The highest BCUT2D eigenvalue weighted by Crippen LogP contribution is 2.33. The van der Waals surface area contributed by atoms with Gasteiger partial charge < -0.3 is 14.8 Å². The minimum atomic E-state index is -0.807. The summed E-state index contributed by atoms with van der Waals surface area (Å²) in [6.07, 6.45) is 0. The van der Waals surface area contributed by atoms with Crippen LogP contribution in [-0.2, 0) is 19.1 Å². The van der Waals surface area contributed by atoms with E-state index >= 15 is 0 Å². The van der Waals surface area contributed by atoms with E-state index in [0.717, 1.165) is 11.8 Å². The SMILES string of the molecule is COC(=O)[C@H](C)NC(=O)CSC1=C(OC)C(=O)c2ccccc2C1=O. The Labute approximate surface area is 148 Å². The molecule has 0 unspecified atom stereocenters. The maximum Gasteiger partial charge on any atom is 0.328 e. The highest BCUT2D eigenvalue weighted by Gasteiger charge is 2.33. The van der Waals surface area contributed by atoms with Crippen LogP contribution in [0.5, 0.6) is 0 Å². The lowest BCUT2D eigenvalue weighted by atomic mass is 9.93. The largest absolute Gasteiger partial charge is 0.491 e. The molecule has 0 saturated carbocycles. The zero-order valence-corrected chi connectivity index (χ0v) is 14.8. The molecule has 0 saturated heterocycles. The van der Waals surface area contributed by atoms with E-state index in [1.54, 1.807) is 24.3 Å². The van der Waals surface area contributed by atoms with Crippen molar-refractivity contribution in [2.24, 2.45) is 0 Å². The lowest BCUT2D eigenvalue weighted by molar-refractivity contribution is -0.144. The van der Waals surface area contributed by atoms with Crippen LogP contribution in [0, 0.1) is 0 Å². The first-order chi connectivity index (χ1) is 11.9. The minimum absolute atomic E-state index is 0.0760. The fourth-order valence-corrected chi connectivity index (χ4v) is 3.21. The molecule has 0 aromatic heterocycles. The average Bonchev–Trinajstić information content (AvgIpc) is 2.62. The molecule has 0 spiro atoms. The second-order valence-electron chi connectivity index (χ2n) is 5.17. The molecule has 25 heavy (non-hydrogen) atoms. The molecule has 1 amide bonds. The van der Waals surface area contributed by atoms with E-state index in [9.17, 15) is 19.2 Å². The van der Waals surface area contributed by atoms with Crippen molar-refractivity contribution >= 4 is 35.2 Å². The third-order valence-electron chi connectivity index (χ3n) is 3.52. The van der Waals surface area contributed by atoms with Gasteiger partial charge in [-0.1, -0.05) is 24.3 Å². The summed E-state index contributed by atoms with van der Waals surface area (Å²) < 4.78 is 9.62. The van der Waals surface area contributed by atoms with Gasteiger partial charge in [-0.25, -0.2) is 4.79 Å². The van der Waals surface area contributed by atoms with Gasteiger partial charge in [0.2, 0.25) is 17.5 Å². The van der Waals surface area contributed by atoms with E-state index in [1.807, 2.05) is 0 Å². The Balaban J connectivity index is 2.15. The van der Waals surface area contributed by atoms with Crippen LogP contribution in [0.2, 0.25) is 0 Å². The van der Waals surface area contributed by atoms with Crippen LogP contribution in [0.25, 0.3) is 0 Å². The van der Waals surface area contributed by atoms with E-state index in [-0.39, 0.29) is 33.3 Å². The summed E-state index contributed by atoms with van der Waals surface area (Å²) in [5.74, 6) is -2.04. The molecule has 7 nitrogen and oxygen atoms in total. The Morgan fingerprint density at radius 3 is 2.28 bits per heavy atom. The molecule has 1 aromatic rings. The summed E-state index contributed by atoms with van der Waals surface area (Å²) in [5.41, 5.74) is 0.552. The Morgan fingerprint density at radius 2 is 1.72 bits per heavy atom. The minimum Gasteiger partial charge on any atom is -0.491 e. The van der Waals surface area contributed by atoms with Gasteiger partial charge in [0, 0.05) is 11.1 Å². The molecule has 1 N–H and O–H groups in total. The summed E-state index contributed by atoms with van der Waals surface area (Å²) in [4.78, 5) is 48.4. The number of methoxy groups -OCH3 is 2. The number of amides is 1. The lowest BCUT2D eigenvalue weighted by Crippen LogP contribution is -2.40. The number of carbonyl (C=O) groups excluding carboxylic acids is 4. The van der Waals surface area contributed by atoms with Crippen molar-refractivity contribution in [1.82, 2.24) is 5.32 Å².